The van der Waals surface area contributed by atoms with Crippen molar-refractivity contribution in [3.8, 4) is 5.75 Å². The van der Waals surface area contributed by atoms with Crippen LogP contribution in [-0.4, -0.2) is 14.5 Å². The summed E-state index contributed by atoms with van der Waals surface area (Å²) in [6, 6.07) is 14.7. The van der Waals surface area contributed by atoms with Crippen molar-refractivity contribution in [2.24, 2.45) is 5.92 Å². The van der Waals surface area contributed by atoms with Crippen molar-refractivity contribution >= 4 is 27.8 Å². The zero-order chi connectivity index (χ0) is 23.8. The predicted octanol–water partition coefficient (Wildman–Crippen LogP) is 6.65. The van der Waals surface area contributed by atoms with E-state index in [1.165, 1.54) is 5.56 Å². The normalized spacial score (nSPS) is 12.2. The van der Waals surface area contributed by atoms with Crippen molar-refractivity contribution in [1.82, 2.24) is 14.5 Å². The highest BCUT2D eigenvalue weighted by molar-refractivity contribution is 6.06. The molecule has 0 bridgehead atoms. The lowest BCUT2D eigenvalue weighted by Crippen LogP contribution is -2.10. The van der Waals surface area contributed by atoms with E-state index < -0.39 is 0 Å². The fraction of sp³-hybridized carbons (Fsp3) is 0.429. The maximum absolute atomic E-state index is 6.37. The highest BCUT2D eigenvalue weighted by Crippen LogP contribution is 2.32. The number of pyridine rings is 1. The summed E-state index contributed by atoms with van der Waals surface area (Å²) in [6.07, 6.45) is 1.97. The molecule has 0 aliphatic rings. The Morgan fingerprint density at radius 2 is 1.76 bits per heavy atom. The molecule has 0 spiro atoms. The first-order valence-electron chi connectivity index (χ1n) is 12.0. The van der Waals surface area contributed by atoms with Crippen LogP contribution in [0, 0.1) is 5.92 Å². The Morgan fingerprint density at radius 3 is 2.39 bits per heavy atom. The average molecular weight is 445 g/mol. The number of imidazole rings is 1. The standard InChI is InChI=1S/C28H36N4O/c1-7-8-24-31-25-26(32(24)16-18(2)3)22-14-13-21(15-23(22)30-27(25)29)33-17-19-9-11-20(12-10-19)28(4,5)6/h9-15,18H,7-8,16-17H2,1-6H3,(H2,29,30). The summed E-state index contributed by atoms with van der Waals surface area (Å²) in [7, 11) is 0. The van der Waals surface area contributed by atoms with Gasteiger partial charge in [0.1, 0.15) is 23.7 Å². The van der Waals surface area contributed by atoms with E-state index in [1.54, 1.807) is 0 Å². The van der Waals surface area contributed by atoms with Gasteiger partial charge in [0, 0.05) is 24.4 Å². The number of nitrogens with zero attached hydrogens (tertiary/aromatic N) is 3. The molecule has 0 aliphatic carbocycles. The summed E-state index contributed by atoms with van der Waals surface area (Å²) < 4.78 is 8.45. The van der Waals surface area contributed by atoms with Crippen molar-refractivity contribution in [1.29, 1.82) is 0 Å². The number of benzene rings is 2. The second-order valence-electron chi connectivity index (χ2n) is 10.4. The largest absolute Gasteiger partial charge is 0.489 e. The second kappa shape index (κ2) is 9.05. The van der Waals surface area contributed by atoms with Crippen molar-refractivity contribution in [2.45, 2.75) is 73.0 Å². The summed E-state index contributed by atoms with van der Waals surface area (Å²) in [5.74, 6) is 2.86. The summed E-state index contributed by atoms with van der Waals surface area (Å²) >= 11 is 0. The Morgan fingerprint density at radius 1 is 1.03 bits per heavy atom. The Hall–Kier alpha value is -3.08. The molecule has 2 aromatic heterocycles. The van der Waals surface area contributed by atoms with E-state index in [-0.39, 0.29) is 5.41 Å². The second-order valence-corrected chi connectivity index (χ2v) is 10.4. The smallest absolute Gasteiger partial charge is 0.152 e. The molecular weight excluding hydrogens is 408 g/mol. The summed E-state index contributed by atoms with van der Waals surface area (Å²) in [5, 5.41) is 1.07. The van der Waals surface area contributed by atoms with Crippen LogP contribution < -0.4 is 10.5 Å². The van der Waals surface area contributed by atoms with Gasteiger partial charge in [0.2, 0.25) is 0 Å². The minimum Gasteiger partial charge on any atom is -0.489 e. The van der Waals surface area contributed by atoms with Crippen molar-refractivity contribution in [3.05, 3.63) is 59.4 Å². The van der Waals surface area contributed by atoms with E-state index in [1.807, 2.05) is 12.1 Å². The Kier molecular flexibility index (Phi) is 6.33. The molecule has 0 saturated carbocycles. The van der Waals surface area contributed by atoms with Crippen LogP contribution >= 0.6 is 0 Å². The number of aryl methyl sites for hydroxylation is 1. The number of aromatic nitrogens is 3. The zero-order valence-electron chi connectivity index (χ0n) is 20.8. The predicted molar refractivity (Wildman–Crippen MR) is 138 cm³/mol. The Labute approximate surface area is 197 Å². The van der Waals surface area contributed by atoms with Crippen LogP contribution in [0.4, 0.5) is 5.82 Å². The molecule has 4 rings (SSSR count). The number of fused-ring (bicyclic) bond motifs is 3. The molecule has 2 aromatic carbocycles. The topological polar surface area (TPSA) is 66.0 Å². The molecule has 5 nitrogen and oxygen atoms in total. The van der Waals surface area contributed by atoms with Crippen LogP contribution in [0.15, 0.2) is 42.5 Å². The lowest BCUT2D eigenvalue weighted by atomic mass is 9.87. The fourth-order valence-corrected chi connectivity index (χ4v) is 4.27. The van der Waals surface area contributed by atoms with E-state index in [4.69, 9.17) is 15.5 Å². The van der Waals surface area contributed by atoms with E-state index in [0.717, 1.165) is 58.5 Å². The molecule has 0 saturated heterocycles. The monoisotopic (exact) mass is 444 g/mol. The van der Waals surface area contributed by atoms with Gasteiger partial charge in [-0.15, -0.1) is 0 Å². The molecule has 2 N–H and O–H groups in total. The third kappa shape index (κ3) is 4.82. The molecule has 0 aliphatic heterocycles. The number of hydrogen-bond donors (Lipinski definition) is 1. The quantitative estimate of drug-likeness (QED) is 0.346. The Bertz CT molecular complexity index is 1260. The average Bonchev–Trinajstić information content (AvgIpc) is 3.10. The molecule has 33 heavy (non-hydrogen) atoms. The van der Waals surface area contributed by atoms with E-state index in [0.29, 0.717) is 18.3 Å². The molecule has 174 valence electrons. The van der Waals surface area contributed by atoms with Gasteiger partial charge in [0.05, 0.1) is 11.0 Å². The van der Waals surface area contributed by atoms with Gasteiger partial charge in [-0.1, -0.05) is 65.8 Å². The zero-order valence-corrected chi connectivity index (χ0v) is 20.8. The molecule has 0 amide bonds. The van der Waals surface area contributed by atoms with Gasteiger partial charge < -0.3 is 15.0 Å². The number of anilines is 1. The van der Waals surface area contributed by atoms with Crippen molar-refractivity contribution in [2.75, 3.05) is 5.73 Å². The maximum Gasteiger partial charge on any atom is 0.152 e. The van der Waals surface area contributed by atoms with Gasteiger partial charge in [-0.05, 0) is 41.0 Å². The van der Waals surface area contributed by atoms with Gasteiger partial charge in [0.15, 0.2) is 5.82 Å². The lowest BCUT2D eigenvalue weighted by molar-refractivity contribution is 0.306. The van der Waals surface area contributed by atoms with Crippen LogP contribution in [-0.2, 0) is 25.0 Å². The molecule has 0 unspecified atom stereocenters. The molecule has 2 heterocycles. The number of nitrogens with two attached hydrogens (primary N) is 1. The van der Waals surface area contributed by atoms with Gasteiger partial charge in [-0.25, -0.2) is 9.97 Å². The third-order valence-electron chi connectivity index (χ3n) is 6.00. The number of ether oxygens (including phenoxy) is 1. The fourth-order valence-electron chi connectivity index (χ4n) is 4.27. The minimum atomic E-state index is 0.147. The first kappa shape index (κ1) is 23.1. The van der Waals surface area contributed by atoms with Gasteiger partial charge in [-0.3, -0.25) is 0 Å². The number of hydrogen-bond acceptors (Lipinski definition) is 4. The molecule has 0 radical (unpaired) electrons. The molecular formula is C28H36N4O. The Balaban J connectivity index is 1.67. The number of rotatable bonds is 7. The number of nitrogen functional groups attached to an aromatic ring is 1. The van der Waals surface area contributed by atoms with Gasteiger partial charge >= 0.3 is 0 Å². The van der Waals surface area contributed by atoms with Crippen LogP contribution in [0.3, 0.4) is 0 Å². The van der Waals surface area contributed by atoms with Gasteiger partial charge in [0.25, 0.3) is 0 Å². The van der Waals surface area contributed by atoms with E-state index in [9.17, 15) is 0 Å². The molecule has 0 atom stereocenters. The SMILES string of the molecule is CCCc1nc2c(N)nc3cc(OCc4ccc(C(C)(C)C)cc4)ccc3c2n1CC(C)C. The van der Waals surface area contributed by atoms with Gasteiger partial charge in [-0.2, -0.15) is 0 Å². The summed E-state index contributed by atoms with van der Waals surface area (Å²) in [6.45, 7) is 14.7. The van der Waals surface area contributed by atoms with Crippen LogP contribution in [0.2, 0.25) is 0 Å². The molecule has 5 heteroatoms. The van der Waals surface area contributed by atoms with Crippen LogP contribution in [0.5, 0.6) is 5.75 Å². The summed E-state index contributed by atoms with van der Waals surface area (Å²) in [4.78, 5) is 9.55. The highest BCUT2D eigenvalue weighted by atomic mass is 16.5. The first-order chi connectivity index (χ1) is 15.7. The third-order valence-corrected chi connectivity index (χ3v) is 6.00. The van der Waals surface area contributed by atoms with E-state index in [2.05, 4.69) is 81.4 Å². The summed E-state index contributed by atoms with van der Waals surface area (Å²) in [5.41, 5.74) is 11.7. The first-order valence-corrected chi connectivity index (χ1v) is 12.0. The van der Waals surface area contributed by atoms with Crippen molar-refractivity contribution in [3.63, 3.8) is 0 Å². The lowest BCUT2D eigenvalue weighted by Gasteiger charge is -2.19. The van der Waals surface area contributed by atoms with Crippen LogP contribution in [0.1, 0.15) is 64.9 Å². The van der Waals surface area contributed by atoms with E-state index >= 15 is 0 Å². The van der Waals surface area contributed by atoms with Crippen LogP contribution in [0.25, 0.3) is 21.9 Å². The molecule has 4 aromatic rings. The highest BCUT2D eigenvalue weighted by Gasteiger charge is 2.18. The minimum absolute atomic E-state index is 0.147. The maximum atomic E-state index is 6.37. The molecule has 0 fully saturated rings. The van der Waals surface area contributed by atoms with Crippen molar-refractivity contribution < 1.29 is 4.74 Å².